The second-order valence-corrected chi connectivity index (χ2v) is 6.69. The van der Waals surface area contributed by atoms with Crippen LogP contribution in [0.3, 0.4) is 0 Å². The Bertz CT molecular complexity index is 964. The molecule has 2 aromatic heterocycles. The van der Waals surface area contributed by atoms with Crippen molar-refractivity contribution < 1.29 is 13.7 Å². The fraction of sp³-hybridized carbons (Fsp3) is 0.300. The molecule has 1 atom stereocenters. The van der Waals surface area contributed by atoms with Gasteiger partial charge in [0, 0.05) is 12.1 Å². The van der Waals surface area contributed by atoms with Crippen molar-refractivity contribution in [3.8, 4) is 11.3 Å². The third-order valence-electron chi connectivity index (χ3n) is 4.89. The maximum absolute atomic E-state index is 13.2. The molecule has 0 N–H and O–H groups in total. The van der Waals surface area contributed by atoms with Crippen LogP contribution in [0.2, 0.25) is 0 Å². The fourth-order valence-corrected chi connectivity index (χ4v) is 3.59. The number of carbonyl (C=O) groups excluding carboxylic acids is 1. The maximum atomic E-state index is 13.2. The highest BCUT2D eigenvalue weighted by Crippen LogP contribution is 2.33. The van der Waals surface area contributed by atoms with Gasteiger partial charge in [-0.2, -0.15) is 0 Å². The molecule has 1 amide bonds. The monoisotopic (exact) mass is 366 g/mol. The van der Waals surface area contributed by atoms with Gasteiger partial charge in [0.25, 0.3) is 5.91 Å². The Morgan fingerprint density at radius 1 is 1.22 bits per heavy atom. The molecule has 0 saturated carbocycles. The number of aromatic nitrogens is 3. The van der Waals surface area contributed by atoms with E-state index in [1.807, 2.05) is 13.8 Å². The minimum absolute atomic E-state index is 0.123. The van der Waals surface area contributed by atoms with Crippen molar-refractivity contribution in [2.45, 2.75) is 32.7 Å². The lowest BCUT2D eigenvalue weighted by molar-refractivity contribution is 0.0732. The van der Waals surface area contributed by atoms with E-state index in [4.69, 9.17) is 9.51 Å². The number of amides is 1. The Kier molecular flexibility index (Phi) is 4.43. The highest BCUT2D eigenvalue weighted by Gasteiger charge is 2.32. The average Bonchev–Trinajstić information content (AvgIpc) is 3.29. The molecule has 1 aliphatic rings. The zero-order chi connectivity index (χ0) is 19.0. The summed E-state index contributed by atoms with van der Waals surface area (Å²) < 4.78 is 18.4. The lowest BCUT2D eigenvalue weighted by Crippen LogP contribution is -2.31. The lowest BCUT2D eigenvalue weighted by Gasteiger charge is -2.24. The lowest BCUT2D eigenvalue weighted by atomic mass is 10.1. The quantitative estimate of drug-likeness (QED) is 0.704. The van der Waals surface area contributed by atoms with E-state index in [1.54, 1.807) is 17.3 Å². The minimum atomic E-state index is -0.359. The zero-order valence-electron chi connectivity index (χ0n) is 15.1. The zero-order valence-corrected chi connectivity index (χ0v) is 15.1. The summed E-state index contributed by atoms with van der Waals surface area (Å²) in [6.07, 6.45) is 5.07. The summed E-state index contributed by atoms with van der Waals surface area (Å²) in [5, 5.41) is 3.97. The average molecular weight is 366 g/mol. The number of halogens is 1. The van der Waals surface area contributed by atoms with Crippen molar-refractivity contribution in [3.05, 3.63) is 65.2 Å². The first-order chi connectivity index (χ1) is 13.0. The molecule has 1 saturated heterocycles. The molecule has 0 bridgehead atoms. The third-order valence-corrected chi connectivity index (χ3v) is 4.89. The normalized spacial score (nSPS) is 16.7. The van der Waals surface area contributed by atoms with Gasteiger partial charge in [-0.15, -0.1) is 0 Å². The molecule has 1 fully saturated rings. The summed E-state index contributed by atoms with van der Waals surface area (Å²) in [5.74, 6) is 0.203. The van der Waals surface area contributed by atoms with Crippen LogP contribution in [0.5, 0.6) is 0 Å². The molecule has 3 aromatic rings. The summed E-state index contributed by atoms with van der Waals surface area (Å²) in [5.41, 5.74) is 3.48. The van der Waals surface area contributed by atoms with Crippen LogP contribution in [-0.2, 0) is 0 Å². The molecule has 7 heteroatoms. The van der Waals surface area contributed by atoms with Crippen LogP contribution < -0.4 is 0 Å². The molecule has 3 heterocycles. The number of aryl methyl sites for hydroxylation is 2. The van der Waals surface area contributed by atoms with Crippen LogP contribution in [0.15, 0.2) is 41.2 Å². The highest BCUT2D eigenvalue weighted by atomic mass is 19.1. The Morgan fingerprint density at radius 2 is 2.00 bits per heavy atom. The Morgan fingerprint density at radius 3 is 2.70 bits per heavy atom. The van der Waals surface area contributed by atoms with E-state index < -0.39 is 0 Å². The van der Waals surface area contributed by atoms with Gasteiger partial charge in [0.15, 0.2) is 0 Å². The predicted molar refractivity (Wildman–Crippen MR) is 96.4 cm³/mol. The van der Waals surface area contributed by atoms with E-state index in [0.29, 0.717) is 23.6 Å². The van der Waals surface area contributed by atoms with Gasteiger partial charge in [0.05, 0.1) is 41.1 Å². The molecule has 1 aliphatic heterocycles. The first kappa shape index (κ1) is 17.3. The van der Waals surface area contributed by atoms with Gasteiger partial charge < -0.3 is 9.42 Å². The fourth-order valence-electron chi connectivity index (χ4n) is 3.59. The smallest absolute Gasteiger partial charge is 0.254 e. The Labute approximate surface area is 156 Å². The maximum Gasteiger partial charge on any atom is 0.254 e. The predicted octanol–water partition coefficient (Wildman–Crippen LogP) is 3.86. The van der Waals surface area contributed by atoms with Crippen LogP contribution in [0.4, 0.5) is 4.39 Å². The van der Waals surface area contributed by atoms with Gasteiger partial charge in [-0.1, -0.05) is 5.16 Å². The number of hydrogen-bond donors (Lipinski definition) is 0. The van der Waals surface area contributed by atoms with E-state index in [0.717, 1.165) is 29.8 Å². The van der Waals surface area contributed by atoms with Crippen LogP contribution >= 0.6 is 0 Å². The van der Waals surface area contributed by atoms with E-state index in [9.17, 15) is 9.18 Å². The molecule has 6 nitrogen and oxygen atoms in total. The number of benzene rings is 1. The summed E-state index contributed by atoms with van der Waals surface area (Å²) in [6.45, 7) is 4.34. The summed E-state index contributed by atoms with van der Waals surface area (Å²) in [7, 11) is 0. The molecule has 4 rings (SSSR count). The molecule has 0 aliphatic carbocycles. The van der Waals surface area contributed by atoms with E-state index in [2.05, 4.69) is 10.1 Å². The molecule has 0 spiro atoms. The Balaban J connectivity index is 1.65. The van der Waals surface area contributed by atoms with Gasteiger partial charge in [-0.05, 0) is 51.0 Å². The second kappa shape index (κ2) is 6.90. The van der Waals surface area contributed by atoms with Crippen LogP contribution in [0, 0.1) is 19.7 Å². The van der Waals surface area contributed by atoms with Gasteiger partial charge in [0.2, 0.25) is 0 Å². The van der Waals surface area contributed by atoms with Gasteiger partial charge in [-0.3, -0.25) is 9.78 Å². The largest absolute Gasteiger partial charge is 0.361 e. The number of nitrogens with zero attached hydrogens (tertiary/aromatic N) is 4. The van der Waals surface area contributed by atoms with Gasteiger partial charge >= 0.3 is 0 Å². The first-order valence-electron chi connectivity index (χ1n) is 8.86. The Hall–Kier alpha value is -3.09. The van der Waals surface area contributed by atoms with E-state index in [1.165, 1.54) is 24.3 Å². The van der Waals surface area contributed by atoms with Crippen LogP contribution in [-0.4, -0.2) is 32.5 Å². The van der Waals surface area contributed by atoms with Gasteiger partial charge in [0.1, 0.15) is 11.6 Å². The highest BCUT2D eigenvalue weighted by molar-refractivity contribution is 5.94. The van der Waals surface area contributed by atoms with E-state index >= 15 is 0 Å². The summed E-state index contributed by atoms with van der Waals surface area (Å²) >= 11 is 0. The van der Waals surface area contributed by atoms with Crippen molar-refractivity contribution >= 4 is 5.91 Å². The molecule has 0 radical (unpaired) electrons. The molecule has 27 heavy (non-hydrogen) atoms. The van der Waals surface area contributed by atoms with E-state index in [-0.39, 0.29) is 17.8 Å². The minimum Gasteiger partial charge on any atom is -0.361 e. The van der Waals surface area contributed by atoms with Crippen molar-refractivity contribution in [3.63, 3.8) is 0 Å². The number of carbonyl (C=O) groups is 1. The number of hydrogen-bond acceptors (Lipinski definition) is 5. The first-order valence-corrected chi connectivity index (χ1v) is 8.86. The van der Waals surface area contributed by atoms with Crippen LogP contribution in [0.1, 0.15) is 46.4 Å². The standard InChI is InChI=1S/C20H19FN4O2/c1-12-19(13(2)27-24-12)17-11-22-10-16(23-17)18-4-3-9-25(18)20(26)14-5-7-15(21)8-6-14/h5-8,10-11,18H,3-4,9H2,1-2H3/t18-/m1/s1. The second-order valence-electron chi connectivity index (χ2n) is 6.69. The van der Waals surface area contributed by atoms with Gasteiger partial charge in [-0.25, -0.2) is 9.37 Å². The SMILES string of the molecule is Cc1noc(C)c1-c1cncc([C@H]2CCCN2C(=O)c2ccc(F)cc2)n1. The topological polar surface area (TPSA) is 72.1 Å². The van der Waals surface area contributed by atoms with Crippen molar-refractivity contribution in [2.24, 2.45) is 0 Å². The molecule has 138 valence electrons. The van der Waals surface area contributed by atoms with Crippen LogP contribution in [0.25, 0.3) is 11.3 Å². The molecular formula is C20H19FN4O2. The van der Waals surface area contributed by atoms with Crippen molar-refractivity contribution in [1.82, 2.24) is 20.0 Å². The molecule has 1 aromatic carbocycles. The van der Waals surface area contributed by atoms with Crippen molar-refractivity contribution in [1.29, 1.82) is 0 Å². The molecular weight excluding hydrogens is 347 g/mol. The van der Waals surface area contributed by atoms with Crippen molar-refractivity contribution in [2.75, 3.05) is 6.54 Å². The number of likely N-dealkylation sites (tertiary alicyclic amines) is 1. The third kappa shape index (κ3) is 3.20. The molecule has 0 unspecified atom stereocenters. The number of rotatable bonds is 3. The summed E-state index contributed by atoms with van der Waals surface area (Å²) in [6, 6.07) is 5.47. The summed E-state index contributed by atoms with van der Waals surface area (Å²) in [4.78, 5) is 23.7.